The number of hydrogen-bond donors (Lipinski definition) is 0. The van der Waals surface area contributed by atoms with Crippen LogP contribution in [0.25, 0.3) is 22.9 Å². The fraction of sp³-hybridized carbons (Fsp3) is 0. The van der Waals surface area contributed by atoms with Crippen LogP contribution in [0, 0.1) is 10.4 Å². The summed E-state index contributed by atoms with van der Waals surface area (Å²) in [5.41, 5.74) is 0.758. The van der Waals surface area contributed by atoms with Crippen LogP contribution in [0.4, 0.5) is 0 Å². The molecule has 26 heteroatoms. The fourth-order valence-corrected chi connectivity index (χ4v) is 8.49. The second-order valence-corrected chi connectivity index (χ2v) is 17.6. The van der Waals surface area contributed by atoms with Crippen molar-refractivity contribution >= 4 is 102 Å². The van der Waals surface area contributed by atoms with Crippen LogP contribution in [-0.4, -0.2) is 93.4 Å². The van der Waals surface area contributed by atoms with Crippen molar-refractivity contribution in [3.63, 3.8) is 0 Å². The molecular formula is C39H19GaN8Na3O11S3-2. The maximum absolute atomic E-state index is 12.2. The molecule has 19 nitrogen and oxygen atoms in total. The molecule has 307 valence electrons. The Morgan fingerprint density at radius 2 is 0.877 bits per heavy atom. The molecule has 4 aliphatic heterocycles. The molecule has 1 aromatic heterocycles. The zero-order chi connectivity index (χ0) is 41.9. The van der Waals surface area contributed by atoms with E-state index in [0.717, 1.165) is 47.9 Å². The Morgan fingerprint density at radius 3 is 1.40 bits per heavy atom. The monoisotopic (exact) mass is 1010 g/mol. The van der Waals surface area contributed by atoms with Gasteiger partial charge in [-0.05, 0) is 81.0 Å². The van der Waals surface area contributed by atoms with Crippen LogP contribution >= 0.6 is 0 Å². The van der Waals surface area contributed by atoms with Crippen molar-refractivity contribution in [1.82, 2.24) is 4.98 Å². The van der Waals surface area contributed by atoms with Crippen LogP contribution in [0.3, 0.4) is 0 Å². The summed E-state index contributed by atoms with van der Waals surface area (Å²) in [6.45, 7) is 0. The van der Waals surface area contributed by atoms with Crippen LogP contribution < -0.4 is 120 Å². The van der Waals surface area contributed by atoms with Gasteiger partial charge >= 0.3 is 88.7 Å². The van der Waals surface area contributed by atoms with Gasteiger partial charge in [0.05, 0.1) is 26.4 Å². The molecule has 65 heavy (non-hydrogen) atoms. The zero-order valence-corrected chi connectivity index (χ0v) is 44.6. The van der Waals surface area contributed by atoms with Gasteiger partial charge in [-0.2, -0.15) is 0 Å². The molecule has 10 rings (SSSR count). The first-order valence-electron chi connectivity index (χ1n) is 17.2. The van der Waals surface area contributed by atoms with Gasteiger partial charge in [-0.25, -0.2) is 50.2 Å². The summed E-state index contributed by atoms with van der Waals surface area (Å²) in [7, 11) is -14.9. The molecule has 0 aliphatic carbocycles. The van der Waals surface area contributed by atoms with E-state index in [1.807, 2.05) is 0 Å². The van der Waals surface area contributed by atoms with Gasteiger partial charge in [0.2, 0.25) is 0 Å². The van der Waals surface area contributed by atoms with E-state index in [1.165, 1.54) is 18.2 Å². The minimum absolute atomic E-state index is 0. The topological polar surface area (TPSA) is 327 Å². The van der Waals surface area contributed by atoms with Crippen molar-refractivity contribution < 1.29 is 138 Å². The Hall–Kier alpha value is -3.54. The van der Waals surface area contributed by atoms with Crippen molar-refractivity contribution in [3.05, 3.63) is 157 Å². The number of aliphatic imine (C=N–C) groups is 5. The zero-order valence-electron chi connectivity index (χ0n) is 33.8. The normalized spacial score (nSPS) is 14.3. The third-order valence-electron chi connectivity index (χ3n) is 9.86. The number of rotatable bonds is 3. The van der Waals surface area contributed by atoms with Crippen LogP contribution in [0.15, 0.2) is 147 Å². The predicted octanol–water partition coefficient (Wildman–Crippen LogP) is -11.1. The Kier molecular flexibility index (Phi) is 15.5. The molecule has 0 unspecified atom stereocenters. The van der Waals surface area contributed by atoms with Gasteiger partial charge < -0.3 is 39.2 Å². The fourth-order valence-electron chi connectivity index (χ4n) is 7.00. The van der Waals surface area contributed by atoms with Crippen LogP contribution in [-0.2, 0) is 30.4 Å². The molecule has 0 saturated heterocycles. The first kappa shape index (κ1) is 52.4. The first-order chi connectivity index (χ1) is 28.5. The molecule has 8 bridgehead atoms. The molecule has 0 atom stereocenters. The molecule has 2 N–H and O–H groups in total. The van der Waals surface area contributed by atoms with E-state index in [2.05, 4.69) is 25.0 Å². The van der Waals surface area contributed by atoms with Crippen molar-refractivity contribution in [2.75, 3.05) is 0 Å². The molecule has 0 saturated carbocycles. The van der Waals surface area contributed by atoms with Crippen molar-refractivity contribution in [1.29, 1.82) is 0 Å². The third-order valence-corrected chi connectivity index (χ3v) is 12.4. The standard InChI is InChI=1S/C39H21N8O10S3.Ga.3Na.H2O/c48-17-18-1-3-19(4-2-18)20-5-9-24-28(13-20)36-40-32(24)42-37-30-15-22(59(52,53)54)7-11-26(30)34(44-37)46-39-31-16-23(60(55,56)57)8-12-27(31)35(47-39)45-38-29-14-21(58(49,50)51)6-10-25(29)33(41-36)43-38;;;;;/h1-17H,(H4-,40,41,42,43,44,45,46,47,48,49,50,51,52,53,54,55,56,57);;;;;1H2/q-1;;3*+1;/p-4. The van der Waals surface area contributed by atoms with Crippen LogP contribution in [0.5, 0.6) is 0 Å². The van der Waals surface area contributed by atoms with Gasteiger partial charge in [0.1, 0.15) is 30.4 Å². The molecule has 6 aromatic rings. The van der Waals surface area contributed by atoms with Gasteiger partial charge in [0, 0.05) is 63.8 Å². The number of fused-ring (bicyclic) bond motifs is 16. The second kappa shape index (κ2) is 19.2. The van der Waals surface area contributed by atoms with Crippen LogP contribution in [0.2, 0.25) is 0 Å². The van der Waals surface area contributed by atoms with Crippen molar-refractivity contribution in [3.8, 4) is 0 Å². The van der Waals surface area contributed by atoms with Gasteiger partial charge in [-0.15, -0.1) is 6.26 Å². The van der Waals surface area contributed by atoms with E-state index in [4.69, 9.17) is 15.0 Å². The van der Waals surface area contributed by atoms with E-state index in [-0.39, 0.29) is 193 Å². The smallest absolute Gasteiger partial charge is 0.877 e. The Morgan fingerprint density at radius 1 is 0.446 bits per heavy atom. The number of aromatic nitrogens is 1. The van der Waals surface area contributed by atoms with Gasteiger partial charge in [-0.3, -0.25) is 0 Å². The summed E-state index contributed by atoms with van der Waals surface area (Å²) in [6.07, 6.45) is 0.717. The molecule has 5 heterocycles. The Labute approximate surface area is 446 Å². The van der Waals surface area contributed by atoms with E-state index in [0.29, 0.717) is 21.2 Å². The number of benzene rings is 5. The maximum Gasteiger partial charge on any atom is 1.00 e. The third kappa shape index (κ3) is 9.63. The van der Waals surface area contributed by atoms with Crippen molar-refractivity contribution in [2.45, 2.75) is 14.7 Å². The summed E-state index contributed by atoms with van der Waals surface area (Å²) in [4.78, 5) is 35.4. The van der Waals surface area contributed by atoms with E-state index >= 15 is 0 Å². The average Bonchev–Trinajstić information content (AvgIpc) is 3.94. The molecule has 5 aromatic carbocycles. The summed E-state index contributed by atoms with van der Waals surface area (Å²) in [5.74, 6) is -0.251. The van der Waals surface area contributed by atoms with Gasteiger partial charge in [0.25, 0.3) is 0 Å². The number of amidine groups is 5. The first-order valence-corrected chi connectivity index (χ1v) is 21.5. The van der Waals surface area contributed by atoms with Gasteiger partial charge in [0.15, 0.2) is 23.3 Å². The molecule has 0 spiro atoms. The summed E-state index contributed by atoms with van der Waals surface area (Å²) in [6, 6.07) is 22.4. The van der Waals surface area contributed by atoms with E-state index in [1.54, 1.807) is 42.5 Å². The Balaban J connectivity index is 0.00000159. The molecule has 4 aliphatic rings. The SMILES string of the molecule is O.O=S(=O)([O-])c1ccc2c(c1)C1=NC2=NC2=NC(=c3ccc(=c4ccc(=C[O-])cc4)cc32)N=C2N=C(N=c3[n-]c(c4ccc(S(=O)(=O)[O-])cc34)=N1)c1ccc(S(=O)(=O)[O-])cc12.[Ga].[Na+].[Na+].[Na+]. The number of nitrogens with zero attached hydrogens (tertiary/aromatic N) is 8. The average molecular weight is 1010 g/mol. The van der Waals surface area contributed by atoms with E-state index in [9.17, 15) is 44.0 Å². The van der Waals surface area contributed by atoms with Crippen LogP contribution in [0.1, 0.15) is 27.8 Å². The quantitative estimate of drug-likeness (QED) is 0.118. The van der Waals surface area contributed by atoms with E-state index < -0.39 is 45.0 Å². The summed E-state index contributed by atoms with van der Waals surface area (Å²) >= 11 is 0. The molecule has 0 fully saturated rings. The van der Waals surface area contributed by atoms with Crippen molar-refractivity contribution in [2.24, 2.45) is 34.9 Å². The minimum Gasteiger partial charge on any atom is -0.877 e. The molecular weight excluding hydrogens is 991 g/mol. The Bertz CT molecular complexity index is 3940. The summed E-state index contributed by atoms with van der Waals surface area (Å²) in [5, 5.41) is 13.9. The number of hydrogen-bond acceptors (Lipinski definition) is 17. The predicted molar refractivity (Wildman–Crippen MR) is 216 cm³/mol. The largest absolute Gasteiger partial charge is 1.00 e. The summed E-state index contributed by atoms with van der Waals surface area (Å²) < 4.78 is 109. The van der Waals surface area contributed by atoms with Gasteiger partial charge in [-0.1, -0.05) is 42.5 Å². The second-order valence-electron chi connectivity index (χ2n) is 13.5. The minimum atomic E-state index is -4.99. The molecule has 0 amide bonds. The maximum atomic E-state index is 12.2. The molecule has 3 radical (unpaired) electrons.